The summed E-state index contributed by atoms with van der Waals surface area (Å²) in [6.07, 6.45) is 0.509. The lowest BCUT2D eigenvalue weighted by Crippen LogP contribution is -2.32. The number of hydrogen-bond donors (Lipinski definition) is 1. The first-order chi connectivity index (χ1) is 7.72. The zero-order chi connectivity index (χ0) is 11.5. The molecule has 1 heterocycles. The molecule has 1 aromatic carbocycles. The molecule has 0 aromatic heterocycles. The van der Waals surface area contributed by atoms with Crippen LogP contribution in [0, 0.1) is 0 Å². The van der Waals surface area contributed by atoms with Gasteiger partial charge in [-0.05, 0) is 25.1 Å². The van der Waals surface area contributed by atoms with Gasteiger partial charge in [0.05, 0.1) is 6.04 Å². The maximum absolute atomic E-state index is 11.8. The largest absolute Gasteiger partial charge is 0.454 e. The number of carbonyl (C=O) groups is 2. The number of fused-ring (bicyclic) bond motifs is 1. The number of benzene rings is 1. The highest BCUT2D eigenvalue weighted by atomic mass is 16.7. The SMILES string of the molecule is C.CC(NC=O)C(=O)c1ccc2c(c1)OCO2. The van der Waals surface area contributed by atoms with Gasteiger partial charge in [-0.2, -0.15) is 0 Å². The Balaban J connectivity index is 0.00000144. The Morgan fingerprint density at radius 3 is 2.82 bits per heavy atom. The third-order valence-corrected chi connectivity index (χ3v) is 2.37. The van der Waals surface area contributed by atoms with E-state index in [1.54, 1.807) is 25.1 Å². The maximum Gasteiger partial charge on any atom is 0.231 e. The number of ketones is 1. The number of ether oxygens (including phenoxy) is 2. The number of amides is 1. The number of Topliss-reactive ketones (excluding diaryl/α,β-unsaturated/α-hetero) is 1. The first-order valence-corrected chi connectivity index (χ1v) is 4.86. The summed E-state index contributed by atoms with van der Waals surface area (Å²) < 4.78 is 10.3. The van der Waals surface area contributed by atoms with E-state index < -0.39 is 6.04 Å². The summed E-state index contributed by atoms with van der Waals surface area (Å²) in [6, 6.07) is 4.41. The molecule has 0 aliphatic carbocycles. The quantitative estimate of drug-likeness (QED) is 0.634. The van der Waals surface area contributed by atoms with Crippen LogP contribution in [0.5, 0.6) is 11.5 Å². The summed E-state index contributed by atoms with van der Waals surface area (Å²) in [6.45, 7) is 1.80. The van der Waals surface area contributed by atoms with E-state index in [4.69, 9.17) is 9.47 Å². The summed E-state index contributed by atoms with van der Waals surface area (Å²) >= 11 is 0. The van der Waals surface area contributed by atoms with Crippen LogP contribution in [-0.2, 0) is 4.79 Å². The van der Waals surface area contributed by atoms with E-state index in [0.29, 0.717) is 23.5 Å². The molecular formula is C12H15NO4. The minimum Gasteiger partial charge on any atom is -0.454 e. The number of hydrogen-bond acceptors (Lipinski definition) is 4. The Bertz CT molecular complexity index is 431. The van der Waals surface area contributed by atoms with Gasteiger partial charge in [-0.15, -0.1) is 0 Å². The predicted molar refractivity (Wildman–Crippen MR) is 62.3 cm³/mol. The third-order valence-electron chi connectivity index (χ3n) is 2.37. The Labute approximate surface area is 99.7 Å². The Kier molecular flexibility index (Phi) is 4.09. The molecule has 0 bridgehead atoms. The molecule has 0 radical (unpaired) electrons. The van der Waals surface area contributed by atoms with Gasteiger partial charge in [-0.25, -0.2) is 0 Å². The molecule has 1 amide bonds. The van der Waals surface area contributed by atoms with Crippen LogP contribution >= 0.6 is 0 Å². The average molecular weight is 237 g/mol. The third kappa shape index (κ3) is 2.55. The first-order valence-electron chi connectivity index (χ1n) is 4.86. The van der Waals surface area contributed by atoms with E-state index in [1.165, 1.54) is 0 Å². The van der Waals surface area contributed by atoms with Gasteiger partial charge in [0.15, 0.2) is 17.3 Å². The summed E-state index contributed by atoms with van der Waals surface area (Å²) in [4.78, 5) is 22.0. The molecule has 0 saturated heterocycles. The molecule has 1 atom stereocenters. The lowest BCUT2D eigenvalue weighted by molar-refractivity contribution is -0.109. The smallest absolute Gasteiger partial charge is 0.231 e. The van der Waals surface area contributed by atoms with Crippen molar-refractivity contribution in [2.24, 2.45) is 0 Å². The highest BCUT2D eigenvalue weighted by Gasteiger charge is 2.19. The first kappa shape index (κ1) is 13.0. The van der Waals surface area contributed by atoms with Gasteiger partial charge in [-0.1, -0.05) is 7.43 Å². The van der Waals surface area contributed by atoms with Gasteiger partial charge in [0.25, 0.3) is 0 Å². The summed E-state index contributed by atoms with van der Waals surface area (Å²) in [5.74, 6) is 1.03. The molecule has 5 heteroatoms. The van der Waals surface area contributed by atoms with Crippen molar-refractivity contribution in [2.75, 3.05) is 6.79 Å². The molecule has 5 nitrogen and oxygen atoms in total. The van der Waals surface area contributed by atoms with Gasteiger partial charge in [-0.3, -0.25) is 9.59 Å². The van der Waals surface area contributed by atoms with Crippen molar-refractivity contribution in [3.63, 3.8) is 0 Å². The van der Waals surface area contributed by atoms with Crippen LogP contribution in [0.2, 0.25) is 0 Å². The highest BCUT2D eigenvalue weighted by Crippen LogP contribution is 2.32. The van der Waals surface area contributed by atoms with Crippen LogP contribution in [0.25, 0.3) is 0 Å². The van der Waals surface area contributed by atoms with E-state index in [0.717, 1.165) is 0 Å². The van der Waals surface area contributed by atoms with Crippen molar-refractivity contribution in [1.29, 1.82) is 0 Å². The van der Waals surface area contributed by atoms with Gasteiger partial charge in [0.1, 0.15) is 0 Å². The van der Waals surface area contributed by atoms with Crippen LogP contribution in [0.4, 0.5) is 0 Å². The molecule has 92 valence electrons. The van der Waals surface area contributed by atoms with Crippen molar-refractivity contribution >= 4 is 12.2 Å². The van der Waals surface area contributed by atoms with E-state index in [2.05, 4.69) is 5.32 Å². The van der Waals surface area contributed by atoms with Crippen molar-refractivity contribution in [3.8, 4) is 11.5 Å². The van der Waals surface area contributed by atoms with E-state index in [1.807, 2.05) is 0 Å². The number of rotatable bonds is 4. The molecule has 0 spiro atoms. The summed E-state index contributed by atoms with van der Waals surface area (Å²) in [5.41, 5.74) is 0.492. The van der Waals surface area contributed by atoms with Crippen LogP contribution in [0.15, 0.2) is 18.2 Å². The van der Waals surface area contributed by atoms with Crippen LogP contribution < -0.4 is 14.8 Å². The summed E-state index contributed by atoms with van der Waals surface area (Å²) in [5, 5.41) is 2.41. The molecule has 1 aromatic rings. The molecule has 17 heavy (non-hydrogen) atoms. The van der Waals surface area contributed by atoms with Crippen molar-refractivity contribution in [1.82, 2.24) is 5.32 Å². The minimum absolute atomic E-state index is 0. The Morgan fingerprint density at radius 1 is 1.41 bits per heavy atom. The molecule has 0 fully saturated rings. The Morgan fingerprint density at radius 2 is 2.12 bits per heavy atom. The molecule has 1 N–H and O–H groups in total. The molecular weight excluding hydrogens is 222 g/mol. The minimum atomic E-state index is -0.544. The molecule has 1 aliphatic heterocycles. The fourth-order valence-corrected chi connectivity index (χ4v) is 1.48. The highest BCUT2D eigenvalue weighted by molar-refractivity contribution is 6.01. The topological polar surface area (TPSA) is 64.6 Å². The Hall–Kier alpha value is -2.04. The van der Waals surface area contributed by atoms with Gasteiger partial charge in [0, 0.05) is 5.56 Å². The second-order valence-electron chi connectivity index (χ2n) is 3.44. The second-order valence-corrected chi connectivity index (χ2v) is 3.44. The molecule has 2 rings (SSSR count). The molecule has 1 unspecified atom stereocenters. The molecule has 1 aliphatic rings. The van der Waals surface area contributed by atoms with E-state index in [-0.39, 0.29) is 20.0 Å². The van der Waals surface area contributed by atoms with Crippen LogP contribution in [0.1, 0.15) is 24.7 Å². The normalized spacial score (nSPS) is 13.5. The fraction of sp³-hybridized carbons (Fsp3) is 0.333. The summed E-state index contributed by atoms with van der Waals surface area (Å²) in [7, 11) is 0. The average Bonchev–Trinajstić information content (AvgIpc) is 2.75. The maximum atomic E-state index is 11.8. The second kappa shape index (κ2) is 5.34. The zero-order valence-electron chi connectivity index (χ0n) is 8.73. The van der Waals surface area contributed by atoms with Crippen molar-refractivity contribution < 1.29 is 19.1 Å². The monoisotopic (exact) mass is 237 g/mol. The molecule has 0 saturated carbocycles. The van der Waals surface area contributed by atoms with E-state index >= 15 is 0 Å². The van der Waals surface area contributed by atoms with Gasteiger partial charge < -0.3 is 14.8 Å². The van der Waals surface area contributed by atoms with Crippen molar-refractivity contribution in [3.05, 3.63) is 23.8 Å². The fourth-order valence-electron chi connectivity index (χ4n) is 1.48. The van der Waals surface area contributed by atoms with Crippen LogP contribution in [0.3, 0.4) is 0 Å². The lowest BCUT2D eigenvalue weighted by atomic mass is 10.1. The number of carbonyl (C=O) groups excluding carboxylic acids is 2. The van der Waals surface area contributed by atoms with Gasteiger partial charge >= 0.3 is 0 Å². The van der Waals surface area contributed by atoms with E-state index in [9.17, 15) is 9.59 Å². The predicted octanol–water partition coefficient (Wildman–Crippen LogP) is 1.37. The number of nitrogens with one attached hydrogen (secondary N) is 1. The lowest BCUT2D eigenvalue weighted by Gasteiger charge is -2.09. The standard InChI is InChI=1S/C11H11NO4.CH4/c1-7(12-5-13)11(14)8-2-3-9-10(4-8)16-6-15-9;/h2-5,7H,6H2,1H3,(H,12,13);1H4. The zero-order valence-corrected chi connectivity index (χ0v) is 8.73. The van der Waals surface area contributed by atoms with Gasteiger partial charge in [0.2, 0.25) is 13.2 Å². The van der Waals surface area contributed by atoms with Crippen molar-refractivity contribution in [2.45, 2.75) is 20.4 Å². The van der Waals surface area contributed by atoms with Crippen LogP contribution in [-0.4, -0.2) is 25.0 Å².